The predicted octanol–water partition coefficient (Wildman–Crippen LogP) is 0.112. The van der Waals surface area contributed by atoms with E-state index in [0.717, 1.165) is 12.8 Å². The molecule has 3 aromatic heterocycles. The Balaban J connectivity index is 1.67. The van der Waals surface area contributed by atoms with Crippen molar-refractivity contribution < 1.29 is 0 Å². The summed E-state index contributed by atoms with van der Waals surface area (Å²) in [6.07, 6.45) is 5.56. The van der Waals surface area contributed by atoms with E-state index in [1.807, 2.05) is 0 Å². The van der Waals surface area contributed by atoms with Gasteiger partial charge < -0.3 is 5.73 Å². The normalized spacial score (nSPS) is 14.5. The summed E-state index contributed by atoms with van der Waals surface area (Å²) in [7, 11) is 0. The van der Waals surface area contributed by atoms with Crippen molar-refractivity contribution in [3.05, 3.63) is 18.5 Å². The molecule has 0 radical (unpaired) electrons. The molecule has 106 valence electrons. The number of anilines is 1. The largest absolute Gasteiger partial charge is 0.368 e. The van der Waals surface area contributed by atoms with E-state index in [4.69, 9.17) is 5.73 Å². The molecule has 11 heteroatoms. The van der Waals surface area contributed by atoms with Crippen LogP contribution in [0.4, 0.5) is 5.95 Å². The van der Waals surface area contributed by atoms with Crippen LogP contribution in [-0.2, 0) is 0 Å². The maximum absolute atomic E-state index is 5.73. The third-order valence-corrected chi connectivity index (χ3v) is 3.68. The fraction of sp³-hybridized carbons (Fsp3) is 0.300. The summed E-state index contributed by atoms with van der Waals surface area (Å²) < 4.78 is 3.31. The van der Waals surface area contributed by atoms with Crippen LogP contribution in [0.25, 0.3) is 5.95 Å². The Kier molecular flexibility index (Phi) is 2.77. The Morgan fingerprint density at radius 3 is 2.90 bits per heavy atom. The lowest BCUT2D eigenvalue weighted by molar-refractivity contribution is 0.565. The van der Waals surface area contributed by atoms with Gasteiger partial charge >= 0.3 is 0 Å². The molecule has 1 aliphatic carbocycles. The Morgan fingerprint density at radius 2 is 2.14 bits per heavy atom. The number of tetrazole rings is 1. The van der Waals surface area contributed by atoms with E-state index in [9.17, 15) is 0 Å². The highest BCUT2D eigenvalue weighted by atomic mass is 32.2. The van der Waals surface area contributed by atoms with E-state index < -0.39 is 0 Å². The van der Waals surface area contributed by atoms with E-state index >= 15 is 0 Å². The first kappa shape index (κ1) is 12.2. The van der Waals surface area contributed by atoms with Gasteiger partial charge in [-0.05, 0) is 41.1 Å². The van der Waals surface area contributed by atoms with Gasteiger partial charge in [-0.25, -0.2) is 9.36 Å². The van der Waals surface area contributed by atoms with Crippen molar-refractivity contribution in [1.29, 1.82) is 0 Å². The number of aromatic nitrogens is 9. The first-order valence-corrected chi connectivity index (χ1v) is 7.08. The first-order valence-electron chi connectivity index (χ1n) is 6.27. The van der Waals surface area contributed by atoms with Gasteiger partial charge in [0.15, 0.2) is 0 Å². The van der Waals surface area contributed by atoms with Gasteiger partial charge in [0.2, 0.25) is 16.3 Å². The molecule has 0 spiro atoms. The predicted molar refractivity (Wildman–Crippen MR) is 71.6 cm³/mol. The maximum Gasteiger partial charge on any atom is 0.256 e. The van der Waals surface area contributed by atoms with Gasteiger partial charge in [0.05, 0.1) is 6.04 Å². The van der Waals surface area contributed by atoms with Crippen LogP contribution in [0.5, 0.6) is 0 Å². The van der Waals surface area contributed by atoms with Crippen molar-refractivity contribution in [3.63, 3.8) is 0 Å². The summed E-state index contributed by atoms with van der Waals surface area (Å²) in [4.78, 5) is 12.5. The third kappa shape index (κ3) is 2.42. The summed E-state index contributed by atoms with van der Waals surface area (Å²) in [6, 6.07) is 2.16. The molecule has 10 nitrogen and oxygen atoms in total. The van der Waals surface area contributed by atoms with Crippen molar-refractivity contribution in [2.75, 3.05) is 5.73 Å². The zero-order chi connectivity index (χ0) is 14.2. The second kappa shape index (κ2) is 4.77. The molecule has 3 heterocycles. The second-order valence-electron chi connectivity index (χ2n) is 4.47. The molecular formula is C10H10N10S. The van der Waals surface area contributed by atoms with E-state index in [1.165, 1.54) is 16.4 Å². The van der Waals surface area contributed by atoms with Crippen LogP contribution in [0, 0.1) is 0 Å². The number of rotatable bonds is 4. The highest BCUT2D eigenvalue weighted by Gasteiger charge is 2.28. The molecule has 1 aliphatic rings. The minimum atomic E-state index is 0.128. The highest BCUT2D eigenvalue weighted by Crippen LogP contribution is 2.37. The summed E-state index contributed by atoms with van der Waals surface area (Å²) >= 11 is 1.26. The van der Waals surface area contributed by atoms with Crippen molar-refractivity contribution in [3.8, 4) is 5.95 Å². The van der Waals surface area contributed by atoms with Crippen LogP contribution < -0.4 is 5.73 Å². The first-order chi connectivity index (χ1) is 10.3. The SMILES string of the molecule is Nc1nc(Sc2nnnn2C2CC2)nc(-n2cccn2)n1. The summed E-state index contributed by atoms with van der Waals surface area (Å²) in [5.41, 5.74) is 5.73. The lowest BCUT2D eigenvalue weighted by atomic mass is 10.7. The van der Waals surface area contributed by atoms with Gasteiger partial charge in [-0.3, -0.25) is 0 Å². The number of nitrogen functional groups attached to an aromatic ring is 1. The van der Waals surface area contributed by atoms with Gasteiger partial charge in [0.25, 0.3) is 5.95 Å². The third-order valence-electron chi connectivity index (χ3n) is 2.87. The molecule has 1 fully saturated rings. The molecule has 1 saturated carbocycles. The Labute approximate surface area is 122 Å². The van der Waals surface area contributed by atoms with Gasteiger partial charge in [-0.1, -0.05) is 0 Å². The fourth-order valence-corrected chi connectivity index (χ4v) is 2.57. The minimum absolute atomic E-state index is 0.128. The smallest absolute Gasteiger partial charge is 0.256 e. The van der Waals surface area contributed by atoms with Crippen molar-refractivity contribution in [1.82, 2.24) is 44.9 Å². The van der Waals surface area contributed by atoms with Crippen LogP contribution in [0.1, 0.15) is 18.9 Å². The van der Waals surface area contributed by atoms with Crippen molar-refractivity contribution in [2.24, 2.45) is 0 Å². The molecule has 0 bridgehead atoms. The average molecular weight is 302 g/mol. The van der Waals surface area contributed by atoms with Crippen LogP contribution >= 0.6 is 11.8 Å². The molecule has 4 rings (SSSR count). The Bertz CT molecular complexity index is 762. The molecule has 0 amide bonds. The van der Waals surface area contributed by atoms with Crippen LogP contribution in [0.15, 0.2) is 28.8 Å². The zero-order valence-electron chi connectivity index (χ0n) is 10.7. The number of nitrogens with two attached hydrogens (primary N) is 1. The lowest BCUT2D eigenvalue weighted by Gasteiger charge is -2.04. The molecule has 0 saturated heterocycles. The molecule has 0 aliphatic heterocycles. The zero-order valence-corrected chi connectivity index (χ0v) is 11.6. The van der Waals surface area contributed by atoms with Gasteiger partial charge in [0, 0.05) is 12.4 Å². The summed E-state index contributed by atoms with van der Waals surface area (Å²) in [5, 5.41) is 16.8. The van der Waals surface area contributed by atoms with E-state index in [2.05, 4.69) is 35.6 Å². The molecule has 0 unspecified atom stereocenters. The monoisotopic (exact) mass is 302 g/mol. The van der Waals surface area contributed by atoms with Crippen LogP contribution in [-0.4, -0.2) is 44.9 Å². The van der Waals surface area contributed by atoms with Crippen LogP contribution in [0.3, 0.4) is 0 Å². The number of hydrogen-bond acceptors (Lipinski definition) is 9. The molecule has 0 atom stereocenters. The molecular weight excluding hydrogens is 292 g/mol. The van der Waals surface area contributed by atoms with E-state index in [-0.39, 0.29) is 5.95 Å². The Hall–Kier alpha value is -2.56. The summed E-state index contributed by atoms with van der Waals surface area (Å²) in [6.45, 7) is 0. The quantitative estimate of drug-likeness (QED) is 0.714. The van der Waals surface area contributed by atoms with E-state index in [0.29, 0.717) is 22.3 Å². The van der Waals surface area contributed by atoms with Crippen LogP contribution in [0.2, 0.25) is 0 Å². The maximum atomic E-state index is 5.73. The standard InChI is InChI=1S/C10H10N10S/c11-7-13-8(19-5-1-4-12-19)15-9(14-7)21-10-16-17-18-20(10)6-2-3-6/h1,4-6H,2-3H2,(H2,11,13,14,15). The minimum Gasteiger partial charge on any atom is -0.368 e. The van der Waals surface area contributed by atoms with Crippen molar-refractivity contribution in [2.45, 2.75) is 29.2 Å². The molecule has 3 aromatic rings. The van der Waals surface area contributed by atoms with E-state index in [1.54, 1.807) is 23.1 Å². The average Bonchev–Trinajstić information content (AvgIpc) is 2.99. The topological polar surface area (TPSA) is 126 Å². The molecule has 0 aromatic carbocycles. The number of nitrogens with zero attached hydrogens (tertiary/aromatic N) is 9. The fourth-order valence-electron chi connectivity index (χ4n) is 1.78. The van der Waals surface area contributed by atoms with Crippen molar-refractivity contribution >= 4 is 17.7 Å². The van der Waals surface area contributed by atoms with Gasteiger partial charge in [-0.15, -0.1) is 5.10 Å². The molecule has 21 heavy (non-hydrogen) atoms. The van der Waals surface area contributed by atoms with Gasteiger partial charge in [-0.2, -0.15) is 20.1 Å². The number of hydrogen-bond donors (Lipinski definition) is 1. The second-order valence-corrected chi connectivity index (χ2v) is 5.40. The lowest BCUT2D eigenvalue weighted by Crippen LogP contribution is -2.08. The summed E-state index contributed by atoms with van der Waals surface area (Å²) in [5.74, 6) is 0.490. The molecule has 2 N–H and O–H groups in total. The highest BCUT2D eigenvalue weighted by molar-refractivity contribution is 7.99. The van der Waals surface area contributed by atoms with Gasteiger partial charge in [0.1, 0.15) is 0 Å². The Morgan fingerprint density at radius 1 is 1.24 bits per heavy atom.